The molecule has 7 nitrogen and oxygen atoms in total. The van der Waals surface area contributed by atoms with E-state index in [0.29, 0.717) is 35.0 Å². The van der Waals surface area contributed by atoms with Gasteiger partial charge in [-0.2, -0.15) is 0 Å². The fraction of sp³-hybridized carbons (Fsp3) is 0.273. The lowest BCUT2D eigenvalue weighted by Gasteiger charge is -2.30. The van der Waals surface area contributed by atoms with Crippen LogP contribution in [0.1, 0.15) is 36.8 Å². The molecule has 0 spiro atoms. The van der Waals surface area contributed by atoms with Crippen LogP contribution in [0.4, 0.5) is 0 Å². The average molecular weight is 389 g/mol. The number of piperidine rings is 1. The number of fused-ring (bicyclic) bond motifs is 4. The van der Waals surface area contributed by atoms with Crippen LogP contribution in [-0.4, -0.2) is 27.3 Å². The summed E-state index contributed by atoms with van der Waals surface area (Å²) in [4.78, 5) is 13.9. The van der Waals surface area contributed by atoms with Gasteiger partial charge in [-0.25, -0.2) is 4.79 Å². The van der Waals surface area contributed by atoms with E-state index in [1.807, 2.05) is 30.3 Å². The maximum Gasteiger partial charge on any atom is 0.439 e. The lowest BCUT2D eigenvalue weighted by Crippen LogP contribution is -2.35. The Morgan fingerprint density at radius 1 is 1.07 bits per heavy atom. The first-order valence-electron chi connectivity index (χ1n) is 9.85. The highest BCUT2D eigenvalue weighted by molar-refractivity contribution is 5.91. The monoisotopic (exact) mass is 389 g/mol. The zero-order chi connectivity index (χ0) is 19.5. The second kappa shape index (κ2) is 6.09. The number of ether oxygens (including phenoxy) is 1. The molecular weight excluding hydrogens is 370 g/mol. The average Bonchev–Trinajstić information content (AvgIpc) is 3.31. The number of H-pyrrole nitrogens is 1. The lowest BCUT2D eigenvalue weighted by molar-refractivity contribution is 0.388. The molecule has 3 N–H and O–H groups in total. The van der Waals surface area contributed by atoms with Gasteiger partial charge in [0.2, 0.25) is 0 Å². The number of phenols is 1. The third-order valence-corrected chi connectivity index (χ3v) is 6.11. The molecule has 1 aromatic heterocycles. The van der Waals surface area contributed by atoms with Crippen molar-refractivity contribution >= 4 is 5.57 Å². The molecule has 29 heavy (non-hydrogen) atoms. The van der Waals surface area contributed by atoms with Crippen molar-refractivity contribution < 1.29 is 14.4 Å². The van der Waals surface area contributed by atoms with Crippen molar-refractivity contribution in [3.05, 3.63) is 63.6 Å². The highest BCUT2D eigenvalue weighted by atomic mass is 16.5. The summed E-state index contributed by atoms with van der Waals surface area (Å²) in [6, 6.07) is 12.3. The molecule has 2 saturated heterocycles. The van der Waals surface area contributed by atoms with Crippen molar-refractivity contribution in [2.75, 3.05) is 0 Å². The highest BCUT2D eigenvalue weighted by Gasteiger charge is 2.35. The van der Waals surface area contributed by atoms with Crippen LogP contribution in [-0.2, 0) is 0 Å². The van der Waals surface area contributed by atoms with Crippen LogP contribution in [0.25, 0.3) is 17.0 Å². The van der Waals surface area contributed by atoms with Crippen molar-refractivity contribution in [2.24, 2.45) is 0 Å². The number of hydrogen-bond acceptors (Lipinski definition) is 6. The number of benzene rings is 2. The predicted molar refractivity (Wildman–Crippen MR) is 106 cm³/mol. The Balaban J connectivity index is 1.55. The van der Waals surface area contributed by atoms with E-state index in [4.69, 9.17) is 4.74 Å². The largest absolute Gasteiger partial charge is 0.504 e. The number of aromatic hydroxyl groups is 1. The minimum atomic E-state index is -0.602. The van der Waals surface area contributed by atoms with Gasteiger partial charge >= 0.3 is 5.76 Å². The second-order valence-corrected chi connectivity index (χ2v) is 7.94. The van der Waals surface area contributed by atoms with E-state index in [9.17, 15) is 9.90 Å². The minimum Gasteiger partial charge on any atom is -0.504 e. The summed E-state index contributed by atoms with van der Waals surface area (Å²) >= 11 is 0. The first kappa shape index (κ1) is 16.6. The number of aromatic nitrogens is 2. The third-order valence-electron chi connectivity index (χ3n) is 6.11. The summed E-state index contributed by atoms with van der Waals surface area (Å²) in [6.07, 6.45) is 4.41. The van der Waals surface area contributed by atoms with E-state index >= 15 is 0 Å². The van der Waals surface area contributed by atoms with Gasteiger partial charge in [0.1, 0.15) is 5.75 Å². The Morgan fingerprint density at radius 2 is 1.90 bits per heavy atom. The Hall–Kier alpha value is -3.32. The smallest absolute Gasteiger partial charge is 0.439 e. The SMILES string of the molecule is O=c1[nH]c(-c2ccc3c(c2)Oc2c(O)cccc2C3=C2C[C@H]3CC[C@@H](C2)N3)no1. The molecule has 0 radical (unpaired) electrons. The van der Waals surface area contributed by atoms with Gasteiger partial charge < -0.3 is 15.2 Å². The summed E-state index contributed by atoms with van der Waals surface area (Å²) in [6.45, 7) is 0. The topological polar surface area (TPSA) is 100 Å². The molecule has 146 valence electrons. The van der Waals surface area contributed by atoms with Gasteiger partial charge in [-0.1, -0.05) is 28.9 Å². The molecular formula is C22H19N3O4. The number of hydrogen-bond donors (Lipinski definition) is 3. The Labute approximate surface area is 166 Å². The van der Waals surface area contributed by atoms with Crippen LogP contribution in [0.2, 0.25) is 0 Å². The van der Waals surface area contributed by atoms with E-state index in [1.165, 1.54) is 18.4 Å². The quantitative estimate of drug-likeness (QED) is 0.460. The van der Waals surface area contributed by atoms with E-state index in [1.54, 1.807) is 6.07 Å². The zero-order valence-corrected chi connectivity index (χ0v) is 15.6. The van der Waals surface area contributed by atoms with Crippen molar-refractivity contribution in [3.8, 4) is 28.6 Å². The van der Waals surface area contributed by atoms with Crippen LogP contribution >= 0.6 is 0 Å². The Kier molecular flexibility index (Phi) is 3.49. The van der Waals surface area contributed by atoms with E-state index in [2.05, 4.69) is 20.0 Å². The van der Waals surface area contributed by atoms with Crippen molar-refractivity contribution in [3.63, 3.8) is 0 Å². The van der Waals surface area contributed by atoms with Crippen LogP contribution in [0.5, 0.6) is 17.2 Å². The molecule has 3 aliphatic rings. The van der Waals surface area contributed by atoms with Crippen molar-refractivity contribution in [1.29, 1.82) is 0 Å². The molecule has 3 aliphatic heterocycles. The fourth-order valence-electron chi connectivity index (χ4n) is 4.89. The second-order valence-electron chi connectivity index (χ2n) is 7.94. The number of aromatic amines is 1. The van der Waals surface area contributed by atoms with E-state index in [-0.39, 0.29) is 5.75 Å². The molecule has 6 rings (SSSR count). The molecule has 0 unspecified atom stereocenters. The number of para-hydroxylation sites is 1. The molecule has 2 bridgehead atoms. The number of nitrogens with zero attached hydrogens (tertiary/aromatic N) is 1. The molecule has 0 aliphatic carbocycles. The van der Waals surface area contributed by atoms with Crippen LogP contribution in [0.3, 0.4) is 0 Å². The highest BCUT2D eigenvalue weighted by Crippen LogP contribution is 2.51. The number of nitrogens with one attached hydrogen (secondary N) is 2. The molecule has 7 heteroatoms. The number of rotatable bonds is 1. The van der Waals surface area contributed by atoms with Gasteiger partial charge in [-0.15, -0.1) is 0 Å². The molecule has 2 aromatic carbocycles. The van der Waals surface area contributed by atoms with E-state index < -0.39 is 5.76 Å². The first-order valence-corrected chi connectivity index (χ1v) is 9.85. The van der Waals surface area contributed by atoms with Gasteiger partial charge in [0.15, 0.2) is 17.3 Å². The number of phenolic OH excluding ortho intramolecular Hbond substituents is 1. The Bertz CT molecular complexity index is 1210. The third kappa shape index (κ3) is 2.61. The summed E-state index contributed by atoms with van der Waals surface area (Å²) < 4.78 is 10.7. The van der Waals surface area contributed by atoms with Crippen LogP contribution in [0.15, 0.2) is 51.3 Å². The molecule has 2 atom stereocenters. The Morgan fingerprint density at radius 3 is 2.66 bits per heavy atom. The van der Waals surface area contributed by atoms with Crippen LogP contribution in [0, 0.1) is 0 Å². The summed E-state index contributed by atoms with van der Waals surface area (Å²) in [5.41, 5.74) is 5.15. The van der Waals surface area contributed by atoms with Gasteiger partial charge in [-0.05, 0) is 49.5 Å². The normalized spacial score (nSPS) is 24.7. The van der Waals surface area contributed by atoms with Crippen molar-refractivity contribution in [2.45, 2.75) is 37.8 Å². The zero-order valence-electron chi connectivity index (χ0n) is 15.6. The molecule has 0 saturated carbocycles. The van der Waals surface area contributed by atoms with E-state index in [0.717, 1.165) is 29.5 Å². The summed E-state index contributed by atoms with van der Waals surface area (Å²) in [7, 11) is 0. The molecule has 2 fully saturated rings. The maximum atomic E-state index is 11.3. The summed E-state index contributed by atoms with van der Waals surface area (Å²) in [5.74, 6) is 0.963. The maximum absolute atomic E-state index is 11.3. The lowest BCUT2D eigenvalue weighted by atomic mass is 9.84. The molecule has 4 heterocycles. The van der Waals surface area contributed by atoms with Gasteiger partial charge in [0.05, 0.1) is 0 Å². The predicted octanol–water partition coefficient (Wildman–Crippen LogP) is 3.56. The molecule has 3 aromatic rings. The van der Waals surface area contributed by atoms with Gasteiger partial charge in [0, 0.05) is 28.8 Å². The molecule has 0 amide bonds. The summed E-state index contributed by atoms with van der Waals surface area (Å²) in [5, 5.41) is 17.9. The standard InChI is InChI=1S/C22H19N3O4/c26-17-3-1-2-16-19(12-8-13-5-6-14(9-12)23-13)15-7-4-11(10-18(15)28-20(16)17)21-24-22(27)29-25-21/h1-4,7,10,13-14,23,26H,5-6,8-9H2,(H,24,25,27)/t13-,14+. The van der Waals surface area contributed by atoms with Crippen molar-refractivity contribution in [1.82, 2.24) is 15.5 Å². The van der Waals surface area contributed by atoms with Gasteiger partial charge in [-0.3, -0.25) is 9.51 Å². The van der Waals surface area contributed by atoms with Gasteiger partial charge in [0.25, 0.3) is 0 Å². The minimum absolute atomic E-state index is 0.114. The van der Waals surface area contributed by atoms with Crippen LogP contribution < -0.4 is 15.8 Å². The fourth-order valence-corrected chi connectivity index (χ4v) is 4.89. The first-order chi connectivity index (χ1) is 14.2.